The van der Waals surface area contributed by atoms with E-state index in [4.69, 9.17) is 0 Å². The third-order valence-corrected chi connectivity index (χ3v) is 2.86. The highest BCUT2D eigenvalue weighted by molar-refractivity contribution is 5.94. The summed E-state index contributed by atoms with van der Waals surface area (Å²) in [5.74, 6) is -0.840. The lowest BCUT2D eigenvalue weighted by molar-refractivity contribution is 0.0936. The summed E-state index contributed by atoms with van der Waals surface area (Å²) in [5, 5.41) is 11.9. The molecule has 0 radical (unpaired) electrons. The van der Waals surface area contributed by atoms with Crippen LogP contribution in [0.1, 0.15) is 28.9 Å². The summed E-state index contributed by atoms with van der Waals surface area (Å²) in [6.45, 7) is 1.80. The number of carbonyl (C=O) groups excluding carboxylic acids is 1. The molecule has 0 aliphatic carbocycles. The number of phenolic OH excluding ortho intramolecular Hbond substituents is 1. The third-order valence-electron chi connectivity index (χ3n) is 2.86. The minimum atomic E-state index is -0.544. The summed E-state index contributed by atoms with van der Waals surface area (Å²) in [5.41, 5.74) is 0.857. The molecule has 2 aromatic carbocycles. The van der Waals surface area contributed by atoms with Crippen LogP contribution in [0.25, 0.3) is 0 Å². The lowest BCUT2D eigenvalue weighted by Gasteiger charge is -2.14. The molecule has 0 saturated carbocycles. The topological polar surface area (TPSA) is 49.3 Å². The highest BCUT2D eigenvalue weighted by Crippen LogP contribution is 2.17. The lowest BCUT2D eigenvalue weighted by Crippen LogP contribution is -2.27. The van der Waals surface area contributed by atoms with E-state index in [2.05, 4.69) is 5.32 Å². The van der Waals surface area contributed by atoms with Crippen molar-refractivity contribution in [3.05, 3.63) is 65.5 Å². The largest absolute Gasteiger partial charge is 0.508 e. The van der Waals surface area contributed by atoms with Crippen molar-refractivity contribution in [2.45, 2.75) is 13.0 Å². The van der Waals surface area contributed by atoms with E-state index in [9.17, 15) is 14.3 Å². The molecule has 0 aliphatic heterocycles. The zero-order valence-electron chi connectivity index (χ0n) is 10.4. The number of carbonyl (C=O) groups is 1. The number of hydrogen-bond acceptors (Lipinski definition) is 2. The number of amides is 1. The van der Waals surface area contributed by atoms with Crippen molar-refractivity contribution >= 4 is 5.91 Å². The molecule has 0 heterocycles. The van der Waals surface area contributed by atoms with Crippen molar-refractivity contribution in [1.82, 2.24) is 5.32 Å². The van der Waals surface area contributed by atoms with Gasteiger partial charge in [-0.15, -0.1) is 0 Å². The molecule has 19 heavy (non-hydrogen) atoms. The zero-order valence-corrected chi connectivity index (χ0v) is 10.4. The van der Waals surface area contributed by atoms with Gasteiger partial charge in [0.25, 0.3) is 5.91 Å². The fraction of sp³-hybridized carbons (Fsp3) is 0.133. The maximum absolute atomic E-state index is 13.5. The quantitative estimate of drug-likeness (QED) is 0.890. The summed E-state index contributed by atoms with van der Waals surface area (Å²) in [7, 11) is 0. The van der Waals surface area contributed by atoms with Gasteiger partial charge in [-0.3, -0.25) is 4.79 Å². The molecule has 0 spiro atoms. The van der Waals surface area contributed by atoms with Crippen molar-refractivity contribution in [2.24, 2.45) is 0 Å². The van der Waals surface area contributed by atoms with Gasteiger partial charge >= 0.3 is 0 Å². The maximum atomic E-state index is 13.5. The summed E-state index contributed by atoms with van der Waals surface area (Å²) in [6.07, 6.45) is 0. The second kappa shape index (κ2) is 5.52. The number of hydrogen-bond donors (Lipinski definition) is 2. The predicted octanol–water partition coefficient (Wildman–Crippen LogP) is 3.02. The van der Waals surface area contributed by atoms with Crippen molar-refractivity contribution in [2.75, 3.05) is 0 Å². The van der Waals surface area contributed by atoms with Gasteiger partial charge in [-0.05, 0) is 36.8 Å². The van der Waals surface area contributed by atoms with Gasteiger partial charge in [0.2, 0.25) is 0 Å². The van der Waals surface area contributed by atoms with Crippen LogP contribution in [0.4, 0.5) is 4.39 Å². The summed E-state index contributed by atoms with van der Waals surface area (Å²) in [4.78, 5) is 11.9. The van der Waals surface area contributed by atoms with E-state index in [1.54, 1.807) is 37.3 Å². The molecule has 0 aromatic heterocycles. The van der Waals surface area contributed by atoms with Crippen LogP contribution in [-0.4, -0.2) is 11.0 Å². The van der Waals surface area contributed by atoms with Gasteiger partial charge in [0.15, 0.2) is 0 Å². The van der Waals surface area contributed by atoms with Gasteiger partial charge in [-0.2, -0.15) is 0 Å². The number of aromatic hydroxyl groups is 1. The van der Waals surface area contributed by atoms with E-state index in [1.807, 2.05) is 0 Å². The van der Waals surface area contributed by atoms with Crippen LogP contribution < -0.4 is 5.32 Å². The van der Waals surface area contributed by atoms with Crippen molar-refractivity contribution < 1.29 is 14.3 Å². The normalized spacial score (nSPS) is 11.9. The molecule has 0 fully saturated rings. The zero-order chi connectivity index (χ0) is 13.8. The van der Waals surface area contributed by atoms with E-state index in [0.717, 1.165) is 5.56 Å². The molecule has 98 valence electrons. The second-order valence-corrected chi connectivity index (χ2v) is 4.27. The van der Waals surface area contributed by atoms with Crippen molar-refractivity contribution in [3.63, 3.8) is 0 Å². The minimum absolute atomic E-state index is 0.0214. The number of benzene rings is 2. The molecule has 1 atom stereocenters. The number of halogens is 1. The van der Waals surface area contributed by atoms with Gasteiger partial charge in [0.1, 0.15) is 11.6 Å². The Labute approximate surface area is 110 Å². The van der Waals surface area contributed by atoms with Gasteiger partial charge in [-0.1, -0.05) is 24.3 Å². The van der Waals surface area contributed by atoms with Crippen LogP contribution in [0.15, 0.2) is 48.5 Å². The van der Waals surface area contributed by atoms with Gasteiger partial charge in [-0.25, -0.2) is 4.39 Å². The average Bonchev–Trinajstić information content (AvgIpc) is 2.39. The first-order valence-electron chi connectivity index (χ1n) is 5.92. The molecule has 0 bridgehead atoms. The first-order valence-corrected chi connectivity index (χ1v) is 5.92. The molecule has 4 heteroatoms. The van der Waals surface area contributed by atoms with Crippen LogP contribution >= 0.6 is 0 Å². The molecule has 0 aliphatic rings. The van der Waals surface area contributed by atoms with Crippen molar-refractivity contribution in [3.8, 4) is 5.75 Å². The number of rotatable bonds is 3. The van der Waals surface area contributed by atoms with E-state index >= 15 is 0 Å². The van der Waals surface area contributed by atoms with Gasteiger partial charge < -0.3 is 10.4 Å². The fourth-order valence-corrected chi connectivity index (χ4v) is 1.77. The van der Waals surface area contributed by atoms with Gasteiger partial charge in [0.05, 0.1) is 11.6 Å². The van der Waals surface area contributed by atoms with E-state index in [-0.39, 0.29) is 17.4 Å². The van der Waals surface area contributed by atoms with Crippen LogP contribution in [0.2, 0.25) is 0 Å². The Morgan fingerprint density at radius 1 is 1.16 bits per heavy atom. The molecule has 1 amide bonds. The Hall–Kier alpha value is -2.36. The van der Waals surface area contributed by atoms with E-state index < -0.39 is 11.7 Å². The van der Waals surface area contributed by atoms with Gasteiger partial charge in [0, 0.05) is 0 Å². The van der Waals surface area contributed by atoms with Crippen LogP contribution in [-0.2, 0) is 0 Å². The highest BCUT2D eigenvalue weighted by Gasteiger charge is 2.14. The Kier molecular flexibility index (Phi) is 3.80. The molecule has 0 saturated heterocycles. The SMILES string of the molecule is CC(NC(=O)c1ccccc1F)c1ccc(O)cc1. The number of phenols is 1. The Morgan fingerprint density at radius 2 is 1.79 bits per heavy atom. The van der Waals surface area contributed by atoms with E-state index in [0.29, 0.717) is 0 Å². The lowest BCUT2D eigenvalue weighted by atomic mass is 10.1. The minimum Gasteiger partial charge on any atom is -0.508 e. The fourth-order valence-electron chi connectivity index (χ4n) is 1.77. The molecule has 2 rings (SSSR count). The molecule has 3 nitrogen and oxygen atoms in total. The van der Waals surface area contributed by atoms with E-state index in [1.165, 1.54) is 18.2 Å². The third kappa shape index (κ3) is 3.10. The summed E-state index contributed by atoms with van der Waals surface area (Å²) >= 11 is 0. The number of nitrogens with one attached hydrogen (secondary N) is 1. The predicted molar refractivity (Wildman–Crippen MR) is 70.4 cm³/mol. The first-order chi connectivity index (χ1) is 9.08. The Morgan fingerprint density at radius 3 is 2.42 bits per heavy atom. The second-order valence-electron chi connectivity index (χ2n) is 4.27. The molecular weight excluding hydrogens is 245 g/mol. The standard InChI is InChI=1S/C15H14FNO2/c1-10(11-6-8-12(18)9-7-11)17-15(19)13-4-2-3-5-14(13)16/h2-10,18H,1H3,(H,17,19). The molecule has 2 N–H and O–H groups in total. The monoisotopic (exact) mass is 259 g/mol. The van der Waals surface area contributed by atoms with Crippen LogP contribution in [0.3, 0.4) is 0 Å². The Bertz CT molecular complexity index is 581. The maximum Gasteiger partial charge on any atom is 0.254 e. The summed E-state index contributed by atoms with van der Waals surface area (Å²) in [6, 6.07) is 12.1. The molecule has 2 aromatic rings. The summed E-state index contributed by atoms with van der Waals surface area (Å²) < 4.78 is 13.5. The highest BCUT2D eigenvalue weighted by atomic mass is 19.1. The average molecular weight is 259 g/mol. The van der Waals surface area contributed by atoms with Crippen LogP contribution in [0.5, 0.6) is 5.75 Å². The Balaban J connectivity index is 2.11. The van der Waals surface area contributed by atoms with Crippen LogP contribution in [0, 0.1) is 5.82 Å². The van der Waals surface area contributed by atoms with Crippen molar-refractivity contribution in [1.29, 1.82) is 0 Å². The smallest absolute Gasteiger partial charge is 0.254 e. The molecule has 1 unspecified atom stereocenters. The molecular formula is C15H14FNO2. The first kappa shape index (κ1) is 13.1.